The van der Waals surface area contributed by atoms with Crippen molar-refractivity contribution in [3.05, 3.63) is 194 Å². The van der Waals surface area contributed by atoms with Crippen molar-refractivity contribution < 1.29 is 0 Å². The minimum atomic E-state index is 0.667. The van der Waals surface area contributed by atoms with Gasteiger partial charge in [-0.3, -0.25) is 0 Å². The molecule has 12 aromatic rings. The van der Waals surface area contributed by atoms with E-state index >= 15 is 0 Å². The molecule has 4 aromatic heterocycles. The van der Waals surface area contributed by atoms with Gasteiger partial charge < -0.3 is 4.57 Å². The topological polar surface area (TPSA) is 43.6 Å². The lowest BCUT2D eigenvalue weighted by atomic mass is 9.97. The molecular weight excluding hydrogens is 757 g/mol. The molecule has 0 radical (unpaired) electrons. The Labute approximate surface area is 348 Å². The molecule has 0 bridgehead atoms. The van der Waals surface area contributed by atoms with Crippen molar-refractivity contribution in [2.45, 2.75) is 0 Å². The average Bonchev–Trinajstić information content (AvgIpc) is 3.97. The smallest absolute Gasteiger partial charge is 0.164 e. The fourth-order valence-electron chi connectivity index (χ4n) is 8.48. The number of nitrogens with zero attached hydrogens (tertiary/aromatic N) is 4. The van der Waals surface area contributed by atoms with Crippen molar-refractivity contribution in [3.8, 4) is 62.1 Å². The summed E-state index contributed by atoms with van der Waals surface area (Å²) in [6.07, 6.45) is 0. The maximum absolute atomic E-state index is 5.00. The second kappa shape index (κ2) is 13.7. The quantitative estimate of drug-likeness (QED) is 0.169. The largest absolute Gasteiger partial charge is 0.309 e. The first-order valence-corrected chi connectivity index (χ1v) is 21.3. The van der Waals surface area contributed by atoms with E-state index in [0.717, 1.165) is 22.4 Å². The number of fused-ring (bicyclic) bond motifs is 8. The molecule has 0 atom stereocenters. The third-order valence-electron chi connectivity index (χ3n) is 11.3. The Morgan fingerprint density at radius 3 is 1.46 bits per heavy atom. The average molecular weight is 789 g/mol. The Morgan fingerprint density at radius 2 is 0.847 bits per heavy atom. The van der Waals surface area contributed by atoms with Crippen molar-refractivity contribution in [1.29, 1.82) is 0 Å². The van der Waals surface area contributed by atoms with Crippen LogP contribution in [0.1, 0.15) is 0 Å². The summed E-state index contributed by atoms with van der Waals surface area (Å²) in [5.41, 5.74) is 11.4. The molecule has 276 valence electrons. The minimum Gasteiger partial charge on any atom is -0.309 e. The van der Waals surface area contributed by atoms with Crippen LogP contribution in [0.25, 0.3) is 113 Å². The van der Waals surface area contributed by atoms with E-state index in [0.29, 0.717) is 17.5 Å². The summed E-state index contributed by atoms with van der Waals surface area (Å²) in [4.78, 5) is 14.9. The summed E-state index contributed by atoms with van der Waals surface area (Å²) in [6.45, 7) is 0. The van der Waals surface area contributed by atoms with Crippen LogP contribution < -0.4 is 0 Å². The van der Waals surface area contributed by atoms with E-state index in [1.165, 1.54) is 73.6 Å². The van der Waals surface area contributed by atoms with Crippen LogP contribution in [-0.2, 0) is 0 Å². The summed E-state index contributed by atoms with van der Waals surface area (Å²) in [5.74, 6) is 2.01. The van der Waals surface area contributed by atoms with Gasteiger partial charge in [0, 0.05) is 53.3 Å². The van der Waals surface area contributed by atoms with Crippen LogP contribution in [0.5, 0.6) is 0 Å². The lowest BCUT2D eigenvalue weighted by Gasteiger charge is -2.09. The zero-order valence-corrected chi connectivity index (χ0v) is 33.2. The summed E-state index contributed by atoms with van der Waals surface area (Å²) in [5, 5.41) is 5.07. The van der Waals surface area contributed by atoms with Crippen LogP contribution in [-0.4, -0.2) is 19.5 Å². The van der Waals surface area contributed by atoms with Crippen LogP contribution in [0.4, 0.5) is 0 Å². The van der Waals surface area contributed by atoms with Crippen LogP contribution >= 0.6 is 22.7 Å². The van der Waals surface area contributed by atoms with Crippen molar-refractivity contribution in [3.63, 3.8) is 0 Å². The standard InChI is InChI=1S/C53H32N4S2/c1-5-14-33(15-6-1)36-26-29-44-43(30-36)48-40(22-13-23-45(48)57(44)39-20-11-4-12-21-39)37-24-27-41-46(31-37)58-50-42-28-25-38(32-47(42)59-49(41)50)53-55-51(34-16-7-2-8-17-34)54-52(56-53)35-18-9-3-10-19-35/h1-32H. The van der Waals surface area contributed by atoms with Gasteiger partial charge in [0.2, 0.25) is 0 Å². The Kier molecular flexibility index (Phi) is 7.86. The predicted molar refractivity (Wildman–Crippen MR) is 250 cm³/mol. The molecule has 0 spiro atoms. The molecule has 0 aliphatic heterocycles. The lowest BCUT2D eigenvalue weighted by Crippen LogP contribution is -1.99. The molecule has 4 nitrogen and oxygen atoms in total. The monoisotopic (exact) mass is 788 g/mol. The molecule has 0 unspecified atom stereocenters. The molecule has 59 heavy (non-hydrogen) atoms. The minimum absolute atomic E-state index is 0.667. The van der Waals surface area contributed by atoms with Gasteiger partial charge in [0.05, 0.1) is 20.4 Å². The molecule has 8 aromatic carbocycles. The number of benzene rings is 8. The van der Waals surface area contributed by atoms with Crippen LogP contribution in [0.15, 0.2) is 194 Å². The highest BCUT2D eigenvalue weighted by Gasteiger charge is 2.20. The van der Waals surface area contributed by atoms with Gasteiger partial charge >= 0.3 is 0 Å². The first kappa shape index (κ1) is 33.8. The van der Waals surface area contributed by atoms with Crippen molar-refractivity contribution in [1.82, 2.24) is 19.5 Å². The first-order valence-electron chi connectivity index (χ1n) is 19.7. The van der Waals surface area contributed by atoms with Gasteiger partial charge in [-0.05, 0) is 64.7 Å². The number of rotatable bonds is 6. The molecular formula is C53H32N4S2. The summed E-state index contributed by atoms with van der Waals surface area (Å²) in [7, 11) is 0. The van der Waals surface area contributed by atoms with Gasteiger partial charge in [-0.25, -0.2) is 15.0 Å². The van der Waals surface area contributed by atoms with E-state index < -0.39 is 0 Å². The second-order valence-corrected chi connectivity index (χ2v) is 16.9. The Balaban J connectivity index is 0.986. The Bertz CT molecular complexity index is 3480. The second-order valence-electron chi connectivity index (χ2n) is 14.8. The third-order valence-corrected chi connectivity index (χ3v) is 13.8. The molecule has 0 aliphatic carbocycles. The third kappa shape index (κ3) is 5.68. The van der Waals surface area contributed by atoms with Crippen molar-refractivity contribution in [2.75, 3.05) is 0 Å². The van der Waals surface area contributed by atoms with Crippen LogP contribution in [0.2, 0.25) is 0 Å². The molecule has 0 saturated heterocycles. The van der Waals surface area contributed by atoms with Crippen LogP contribution in [0.3, 0.4) is 0 Å². The maximum Gasteiger partial charge on any atom is 0.164 e. The normalized spacial score (nSPS) is 11.7. The molecule has 0 N–H and O–H groups in total. The fourth-order valence-corrected chi connectivity index (χ4v) is 11.2. The molecule has 6 heteroatoms. The van der Waals surface area contributed by atoms with Gasteiger partial charge in [-0.2, -0.15) is 0 Å². The molecule has 0 aliphatic rings. The zero-order valence-electron chi connectivity index (χ0n) is 31.6. The highest BCUT2D eigenvalue weighted by Crippen LogP contribution is 2.47. The van der Waals surface area contributed by atoms with E-state index in [1.807, 2.05) is 83.3 Å². The van der Waals surface area contributed by atoms with Gasteiger partial charge in [0.15, 0.2) is 17.5 Å². The van der Waals surface area contributed by atoms with E-state index in [4.69, 9.17) is 15.0 Å². The number of hydrogen-bond acceptors (Lipinski definition) is 5. The summed E-state index contributed by atoms with van der Waals surface area (Å²) in [6, 6.07) is 69.0. The molecule has 0 fully saturated rings. The highest BCUT2D eigenvalue weighted by atomic mass is 32.1. The lowest BCUT2D eigenvalue weighted by molar-refractivity contribution is 1.07. The van der Waals surface area contributed by atoms with E-state index in [9.17, 15) is 0 Å². The SMILES string of the molecule is c1ccc(-c2ccc3c(c2)c2c(-c4ccc5c(c4)sc4c6ccc(-c7nc(-c8ccccc8)nc(-c8ccccc8)n7)cc6sc54)cccc2n3-c2ccccc2)cc1. The Morgan fingerprint density at radius 1 is 0.339 bits per heavy atom. The first-order chi connectivity index (χ1) is 29.2. The van der Waals surface area contributed by atoms with Crippen molar-refractivity contribution in [2.24, 2.45) is 0 Å². The van der Waals surface area contributed by atoms with Gasteiger partial charge in [0.25, 0.3) is 0 Å². The number of thiophene rings is 2. The maximum atomic E-state index is 5.00. The van der Waals surface area contributed by atoms with Gasteiger partial charge in [-0.1, -0.05) is 152 Å². The zero-order chi connectivity index (χ0) is 38.9. The number of hydrogen-bond donors (Lipinski definition) is 0. The van der Waals surface area contributed by atoms with E-state index in [-0.39, 0.29) is 0 Å². The molecule has 0 saturated carbocycles. The molecule has 12 rings (SSSR count). The van der Waals surface area contributed by atoms with Gasteiger partial charge in [0.1, 0.15) is 0 Å². The van der Waals surface area contributed by atoms with Crippen molar-refractivity contribution >= 4 is 74.1 Å². The van der Waals surface area contributed by atoms with E-state index in [1.54, 1.807) is 0 Å². The summed E-state index contributed by atoms with van der Waals surface area (Å²) >= 11 is 3.73. The van der Waals surface area contributed by atoms with Crippen LogP contribution in [0, 0.1) is 0 Å². The fraction of sp³-hybridized carbons (Fsp3) is 0. The molecule has 4 heterocycles. The van der Waals surface area contributed by atoms with E-state index in [2.05, 4.69) is 138 Å². The van der Waals surface area contributed by atoms with Gasteiger partial charge in [-0.15, -0.1) is 22.7 Å². The molecule has 0 amide bonds. The predicted octanol–water partition coefficient (Wildman–Crippen LogP) is 14.9. The highest BCUT2D eigenvalue weighted by molar-refractivity contribution is 7.36. The number of para-hydroxylation sites is 1. The summed E-state index contributed by atoms with van der Waals surface area (Å²) < 4.78 is 7.57. The Hall–Kier alpha value is -7.25. The number of aromatic nitrogens is 4.